The number of carbonyl (C=O) groups is 2. The Balaban J connectivity index is 3.72. The van der Waals surface area contributed by atoms with Gasteiger partial charge in [-0.15, -0.1) is 0 Å². The third kappa shape index (κ3) is 4.49. The zero-order valence-corrected chi connectivity index (χ0v) is 7.13. The molecule has 0 heterocycles. The highest BCUT2D eigenvalue weighted by molar-refractivity contribution is 5.88. The molecule has 0 saturated carbocycles. The van der Waals surface area contributed by atoms with E-state index in [2.05, 4.69) is 11.3 Å². The Kier molecular flexibility index (Phi) is 4.76. The standard InChI is InChI=1S/C8H13NO3/c1-3-12-8(11)6(2)4-5-7(9)10/h2-5H2,1H3,(H2,9,10). The van der Waals surface area contributed by atoms with Gasteiger partial charge in [-0.25, -0.2) is 4.79 Å². The van der Waals surface area contributed by atoms with Crippen molar-refractivity contribution in [3.8, 4) is 0 Å². The average Bonchev–Trinajstić information content (AvgIpc) is 2.00. The highest BCUT2D eigenvalue weighted by Gasteiger charge is 2.07. The third-order valence-electron chi connectivity index (χ3n) is 1.24. The molecule has 0 radical (unpaired) electrons. The topological polar surface area (TPSA) is 69.4 Å². The van der Waals surface area contributed by atoms with Crippen LogP contribution in [0.25, 0.3) is 0 Å². The summed E-state index contributed by atoms with van der Waals surface area (Å²) in [4.78, 5) is 21.2. The number of ether oxygens (including phenoxy) is 1. The van der Waals surface area contributed by atoms with Crippen molar-refractivity contribution in [3.63, 3.8) is 0 Å². The van der Waals surface area contributed by atoms with Gasteiger partial charge in [-0.05, 0) is 13.3 Å². The number of rotatable bonds is 5. The lowest BCUT2D eigenvalue weighted by atomic mass is 10.1. The summed E-state index contributed by atoms with van der Waals surface area (Å²) in [5.41, 5.74) is 5.17. The highest BCUT2D eigenvalue weighted by Crippen LogP contribution is 2.03. The molecule has 2 N–H and O–H groups in total. The molecule has 0 aliphatic heterocycles. The highest BCUT2D eigenvalue weighted by atomic mass is 16.5. The maximum absolute atomic E-state index is 10.9. The van der Waals surface area contributed by atoms with Crippen molar-refractivity contribution >= 4 is 11.9 Å². The Bertz CT molecular complexity index is 198. The van der Waals surface area contributed by atoms with E-state index in [1.165, 1.54) is 0 Å². The van der Waals surface area contributed by atoms with E-state index >= 15 is 0 Å². The lowest BCUT2D eigenvalue weighted by Crippen LogP contribution is -2.13. The van der Waals surface area contributed by atoms with Gasteiger partial charge < -0.3 is 10.5 Å². The van der Waals surface area contributed by atoms with Crippen LogP contribution in [0.4, 0.5) is 0 Å². The van der Waals surface area contributed by atoms with Gasteiger partial charge in [0.15, 0.2) is 0 Å². The SMILES string of the molecule is C=C(CCC(N)=O)C(=O)OCC. The number of primary amides is 1. The second-order valence-electron chi connectivity index (χ2n) is 2.29. The molecule has 0 unspecified atom stereocenters. The fourth-order valence-electron chi connectivity index (χ4n) is 0.609. The molecule has 0 spiro atoms. The molecule has 0 atom stereocenters. The first-order valence-corrected chi connectivity index (χ1v) is 3.71. The van der Waals surface area contributed by atoms with Gasteiger partial charge in [-0.1, -0.05) is 6.58 Å². The molecular formula is C8H13NO3. The van der Waals surface area contributed by atoms with E-state index in [0.29, 0.717) is 6.61 Å². The van der Waals surface area contributed by atoms with Gasteiger partial charge in [0.25, 0.3) is 0 Å². The van der Waals surface area contributed by atoms with Gasteiger partial charge in [-0.3, -0.25) is 4.79 Å². The Labute approximate surface area is 71.4 Å². The van der Waals surface area contributed by atoms with Crippen molar-refractivity contribution in [2.75, 3.05) is 6.61 Å². The second-order valence-corrected chi connectivity index (χ2v) is 2.29. The number of hydrogen-bond donors (Lipinski definition) is 1. The van der Waals surface area contributed by atoms with Gasteiger partial charge >= 0.3 is 5.97 Å². The third-order valence-corrected chi connectivity index (χ3v) is 1.24. The normalized spacial score (nSPS) is 9.08. The van der Waals surface area contributed by atoms with Gasteiger partial charge in [0.1, 0.15) is 0 Å². The molecule has 0 aromatic heterocycles. The van der Waals surface area contributed by atoms with Gasteiger partial charge in [0.2, 0.25) is 5.91 Å². The van der Waals surface area contributed by atoms with Crippen LogP contribution in [0.2, 0.25) is 0 Å². The smallest absolute Gasteiger partial charge is 0.333 e. The molecule has 0 rings (SSSR count). The molecule has 1 amide bonds. The Hall–Kier alpha value is -1.32. The number of esters is 1. The minimum atomic E-state index is -0.459. The molecule has 0 saturated heterocycles. The van der Waals surface area contributed by atoms with Crippen LogP contribution in [0.15, 0.2) is 12.2 Å². The van der Waals surface area contributed by atoms with Gasteiger partial charge in [-0.2, -0.15) is 0 Å². The first kappa shape index (κ1) is 10.7. The van der Waals surface area contributed by atoms with Crippen LogP contribution in [0.5, 0.6) is 0 Å². The van der Waals surface area contributed by atoms with Crippen LogP contribution < -0.4 is 5.73 Å². The molecule has 0 aliphatic carbocycles. The van der Waals surface area contributed by atoms with Crippen molar-refractivity contribution < 1.29 is 14.3 Å². The summed E-state index contributed by atoms with van der Waals surface area (Å²) in [6.07, 6.45) is 0.409. The molecule has 0 bridgehead atoms. The summed E-state index contributed by atoms with van der Waals surface area (Å²) in [6.45, 7) is 5.48. The second kappa shape index (κ2) is 5.35. The molecule has 4 nitrogen and oxygen atoms in total. The van der Waals surface area contributed by atoms with Crippen LogP contribution in [0.3, 0.4) is 0 Å². The zero-order valence-electron chi connectivity index (χ0n) is 7.13. The number of hydrogen-bond acceptors (Lipinski definition) is 3. The van der Waals surface area contributed by atoms with E-state index < -0.39 is 11.9 Å². The number of amides is 1. The minimum absolute atomic E-state index is 0.137. The summed E-state index contributed by atoms with van der Waals surface area (Å²) in [5.74, 6) is -0.904. The largest absolute Gasteiger partial charge is 0.463 e. The number of nitrogens with two attached hydrogens (primary N) is 1. The molecule has 0 aromatic rings. The van der Waals surface area contributed by atoms with E-state index in [-0.39, 0.29) is 18.4 Å². The van der Waals surface area contributed by atoms with Crippen LogP contribution in [-0.4, -0.2) is 18.5 Å². The summed E-state index contributed by atoms with van der Waals surface area (Å²) >= 11 is 0. The summed E-state index contributed by atoms with van der Waals surface area (Å²) < 4.78 is 4.65. The van der Waals surface area contributed by atoms with Crippen molar-refractivity contribution in [1.82, 2.24) is 0 Å². The van der Waals surface area contributed by atoms with Crippen molar-refractivity contribution in [2.45, 2.75) is 19.8 Å². The van der Waals surface area contributed by atoms with E-state index in [1.807, 2.05) is 0 Å². The lowest BCUT2D eigenvalue weighted by Gasteiger charge is -2.02. The average molecular weight is 171 g/mol. The van der Waals surface area contributed by atoms with Crippen LogP contribution in [0, 0.1) is 0 Å². The molecule has 68 valence electrons. The van der Waals surface area contributed by atoms with Crippen LogP contribution in [0.1, 0.15) is 19.8 Å². The lowest BCUT2D eigenvalue weighted by molar-refractivity contribution is -0.138. The van der Waals surface area contributed by atoms with Gasteiger partial charge in [0, 0.05) is 12.0 Å². The quantitative estimate of drug-likeness (QED) is 0.480. The molecule has 0 aromatic carbocycles. The first-order valence-electron chi connectivity index (χ1n) is 3.71. The van der Waals surface area contributed by atoms with Crippen molar-refractivity contribution in [2.24, 2.45) is 5.73 Å². The summed E-state index contributed by atoms with van der Waals surface area (Å²) in [5, 5.41) is 0. The summed E-state index contributed by atoms with van der Waals surface area (Å²) in [7, 11) is 0. The monoisotopic (exact) mass is 171 g/mol. The summed E-state index contributed by atoms with van der Waals surface area (Å²) in [6, 6.07) is 0. The maximum atomic E-state index is 10.9. The first-order chi connectivity index (χ1) is 5.57. The Morgan fingerprint density at radius 1 is 1.42 bits per heavy atom. The molecule has 4 heteroatoms. The van der Waals surface area contributed by atoms with Crippen molar-refractivity contribution in [1.29, 1.82) is 0 Å². The van der Waals surface area contributed by atoms with Crippen LogP contribution >= 0.6 is 0 Å². The predicted octanol–water partition coefficient (Wildman–Crippen LogP) is 0.371. The van der Waals surface area contributed by atoms with E-state index in [0.717, 1.165) is 0 Å². The Morgan fingerprint density at radius 2 is 2.00 bits per heavy atom. The van der Waals surface area contributed by atoms with E-state index in [1.54, 1.807) is 6.92 Å². The molecule has 0 aliphatic rings. The maximum Gasteiger partial charge on any atom is 0.333 e. The fraction of sp³-hybridized carbons (Fsp3) is 0.500. The number of carbonyl (C=O) groups excluding carboxylic acids is 2. The fourth-order valence-corrected chi connectivity index (χ4v) is 0.609. The van der Waals surface area contributed by atoms with Crippen molar-refractivity contribution in [3.05, 3.63) is 12.2 Å². The zero-order chi connectivity index (χ0) is 9.56. The van der Waals surface area contributed by atoms with E-state index in [4.69, 9.17) is 5.73 Å². The Morgan fingerprint density at radius 3 is 2.42 bits per heavy atom. The minimum Gasteiger partial charge on any atom is -0.463 e. The molecule has 0 fully saturated rings. The molecular weight excluding hydrogens is 158 g/mol. The predicted molar refractivity (Wildman–Crippen MR) is 44.2 cm³/mol. The molecule has 12 heavy (non-hydrogen) atoms. The van der Waals surface area contributed by atoms with Crippen LogP contribution in [-0.2, 0) is 14.3 Å². The van der Waals surface area contributed by atoms with Gasteiger partial charge in [0.05, 0.1) is 6.61 Å². The van der Waals surface area contributed by atoms with E-state index in [9.17, 15) is 9.59 Å².